The highest BCUT2D eigenvalue weighted by molar-refractivity contribution is 6.30. The molecule has 0 aliphatic carbocycles. The van der Waals surface area contributed by atoms with E-state index in [-0.39, 0.29) is 17.4 Å². The number of rotatable bonds is 4. The van der Waals surface area contributed by atoms with Crippen molar-refractivity contribution in [2.24, 2.45) is 5.41 Å². The smallest absolute Gasteiger partial charge is 0.229 e. The zero-order valence-electron chi connectivity index (χ0n) is 15.3. The summed E-state index contributed by atoms with van der Waals surface area (Å²) < 4.78 is 0. The van der Waals surface area contributed by atoms with Crippen molar-refractivity contribution in [3.05, 3.63) is 70.7 Å². The summed E-state index contributed by atoms with van der Waals surface area (Å²) in [6.45, 7) is 2.18. The van der Waals surface area contributed by atoms with Crippen LogP contribution in [0.1, 0.15) is 36.5 Å². The second-order valence-corrected chi connectivity index (χ2v) is 8.16. The van der Waals surface area contributed by atoms with Crippen molar-refractivity contribution >= 4 is 17.5 Å². The minimum atomic E-state index is -0.691. The lowest BCUT2D eigenvalue weighted by molar-refractivity contribution is -0.139. The molecular weight excluding hydrogens is 360 g/mol. The third-order valence-electron chi connectivity index (χ3n) is 6.02. The maximum absolute atomic E-state index is 13.5. The van der Waals surface area contributed by atoms with Crippen LogP contribution in [0.5, 0.6) is 0 Å². The molecule has 0 radical (unpaired) electrons. The third-order valence-corrected chi connectivity index (χ3v) is 6.26. The first-order valence-corrected chi connectivity index (χ1v) is 9.96. The molecule has 2 heterocycles. The van der Waals surface area contributed by atoms with Gasteiger partial charge in [0.05, 0.1) is 17.6 Å². The largest absolute Gasteiger partial charge is 0.386 e. The quantitative estimate of drug-likeness (QED) is 0.847. The number of likely N-dealkylation sites (tertiary alicyclic amines) is 1. The fourth-order valence-electron chi connectivity index (χ4n) is 4.55. The average molecular weight is 385 g/mol. The second-order valence-electron chi connectivity index (χ2n) is 7.72. The molecule has 5 heteroatoms. The molecule has 2 atom stereocenters. The molecule has 2 saturated heterocycles. The van der Waals surface area contributed by atoms with Gasteiger partial charge in [-0.25, -0.2) is 0 Å². The van der Waals surface area contributed by atoms with Gasteiger partial charge in [-0.2, -0.15) is 0 Å². The summed E-state index contributed by atoms with van der Waals surface area (Å²) in [4.78, 5) is 15.4. The summed E-state index contributed by atoms with van der Waals surface area (Å²) in [5.74, 6) is 0.170. The highest BCUT2D eigenvalue weighted by Gasteiger charge is 2.53. The molecule has 2 aromatic carbocycles. The predicted octanol–water partition coefficient (Wildman–Crippen LogP) is 3.54. The Hall–Kier alpha value is -1.88. The van der Waals surface area contributed by atoms with Crippen LogP contribution in [0.25, 0.3) is 0 Å². The summed E-state index contributed by atoms with van der Waals surface area (Å²) in [5, 5.41) is 15.1. The lowest BCUT2D eigenvalue weighted by Crippen LogP contribution is -2.43. The summed E-state index contributed by atoms with van der Waals surface area (Å²) in [6, 6.07) is 17.1. The van der Waals surface area contributed by atoms with Crippen molar-refractivity contribution in [2.45, 2.75) is 38.0 Å². The lowest BCUT2D eigenvalue weighted by Gasteiger charge is -2.32. The van der Waals surface area contributed by atoms with E-state index in [1.807, 2.05) is 59.5 Å². The van der Waals surface area contributed by atoms with Crippen LogP contribution in [0.2, 0.25) is 5.02 Å². The molecule has 2 aliphatic heterocycles. The fraction of sp³-hybridized carbons (Fsp3) is 0.409. The first kappa shape index (κ1) is 18.5. The molecule has 1 spiro atoms. The average Bonchev–Trinajstić information content (AvgIpc) is 2.95. The highest BCUT2D eigenvalue weighted by Crippen LogP contribution is 2.47. The molecule has 2 aliphatic rings. The van der Waals surface area contributed by atoms with E-state index in [0.717, 1.165) is 37.1 Å². The SMILES string of the molecule is O=C1N(Cc2cccc(Cl)c2)[C@H]([C@H](O)c2ccccc2)CC12CCNCC2. The number of hydrogen-bond acceptors (Lipinski definition) is 3. The fourth-order valence-corrected chi connectivity index (χ4v) is 4.76. The number of benzene rings is 2. The lowest BCUT2D eigenvalue weighted by atomic mass is 9.76. The molecule has 0 saturated carbocycles. The normalized spacial score (nSPS) is 23.0. The van der Waals surface area contributed by atoms with Gasteiger partial charge in [0.1, 0.15) is 0 Å². The number of carbonyl (C=O) groups is 1. The van der Waals surface area contributed by atoms with Crippen LogP contribution in [0.4, 0.5) is 0 Å². The maximum atomic E-state index is 13.5. The van der Waals surface area contributed by atoms with E-state index >= 15 is 0 Å². The molecule has 27 heavy (non-hydrogen) atoms. The number of nitrogens with zero attached hydrogens (tertiary/aromatic N) is 1. The van der Waals surface area contributed by atoms with Crippen LogP contribution >= 0.6 is 11.6 Å². The summed E-state index contributed by atoms with van der Waals surface area (Å²) in [7, 11) is 0. The Bertz CT molecular complexity index is 805. The van der Waals surface area contributed by atoms with Crippen LogP contribution in [-0.4, -0.2) is 35.0 Å². The van der Waals surface area contributed by atoms with Gasteiger partial charge in [0.2, 0.25) is 5.91 Å². The molecule has 0 bridgehead atoms. The van der Waals surface area contributed by atoms with E-state index in [1.54, 1.807) is 0 Å². The summed E-state index contributed by atoms with van der Waals surface area (Å²) in [6.07, 6.45) is 1.67. The molecule has 142 valence electrons. The summed E-state index contributed by atoms with van der Waals surface area (Å²) in [5.41, 5.74) is 1.49. The number of halogens is 1. The van der Waals surface area contributed by atoms with E-state index in [2.05, 4.69) is 5.32 Å². The van der Waals surface area contributed by atoms with Gasteiger partial charge in [-0.05, 0) is 55.6 Å². The number of amides is 1. The zero-order valence-corrected chi connectivity index (χ0v) is 16.0. The van der Waals surface area contributed by atoms with Crippen LogP contribution in [0, 0.1) is 5.41 Å². The number of carbonyl (C=O) groups excluding carboxylic acids is 1. The molecule has 1 amide bonds. The Labute approximate surface area is 165 Å². The molecule has 0 unspecified atom stereocenters. The first-order chi connectivity index (χ1) is 13.1. The van der Waals surface area contributed by atoms with Gasteiger partial charge < -0.3 is 15.3 Å². The van der Waals surface area contributed by atoms with E-state index in [9.17, 15) is 9.90 Å². The van der Waals surface area contributed by atoms with Crippen LogP contribution in [0.15, 0.2) is 54.6 Å². The van der Waals surface area contributed by atoms with Crippen molar-refractivity contribution in [1.29, 1.82) is 0 Å². The molecule has 2 fully saturated rings. The monoisotopic (exact) mass is 384 g/mol. The minimum absolute atomic E-state index is 0.170. The third kappa shape index (κ3) is 3.62. The van der Waals surface area contributed by atoms with Gasteiger partial charge in [-0.3, -0.25) is 4.79 Å². The molecule has 4 rings (SSSR count). The maximum Gasteiger partial charge on any atom is 0.229 e. The van der Waals surface area contributed by atoms with E-state index in [4.69, 9.17) is 11.6 Å². The van der Waals surface area contributed by atoms with E-state index in [1.165, 1.54) is 0 Å². The van der Waals surface area contributed by atoms with Crippen molar-refractivity contribution in [2.75, 3.05) is 13.1 Å². The summed E-state index contributed by atoms with van der Waals surface area (Å²) >= 11 is 6.14. The Morgan fingerprint density at radius 2 is 1.89 bits per heavy atom. The topological polar surface area (TPSA) is 52.6 Å². The molecule has 4 nitrogen and oxygen atoms in total. The predicted molar refractivity (Wildman–Crippen MR) is 106 cm³/mol. The van der Waals surface area contributed by atoms with E-state index < -0.39 is 6.10 Å². The molecule has 2 N–H and O–H groups in total. The van der Waals surface area contributed by atoms with Gasteiger partial charge >= 0.3 is 0 Å². The van der Waals surface area contributed by atoms with Crippen LogP contribution in [-0.2, 0) is 11.3 Å². The minimum Gasteiger partial charge on any atom is -0.386 e. The van der Waals surface area contributed by atoms with Crippen molar-refractivity contribution in [1.82, 2.24) is 10.2 Å². The van der Waals surface area contributed by atoms with Gasteiger partial charge in [0.15, 0.2) is 0 Å². The van der Waals surface area contributed by atoms with Crippen molar-refractivity contribution in [3.63, 3.8) is 0 Å². The zero-order chi connectivity index (χ0) is 18.9. The standard InChI is InChI=1S/C22H25ClN2O2/c23-18-8-4-5-16(13-18)15-25-19(20(26)17-6-2-1-3-7-17)14-22(21(25)27)9-11-24-12-10-22/h1-8,13,19-20,24,26H,9-12,14-15H2/t19-,20+/m0/s1. The highest BCUT2D eigenvalue weighted by atomic mass is 35.5. The first-order valence-electron chi connectivity index (χ1n) is 9.58. The Morgan fingerprint density at radius 1 is 1.15 bits per heavy atom. The molecule has 2 aromatic rings. The molecule has 0 aromatic heterocycles. The second kappa shape index (κ2) is 7.63. The van der Waals surface area contributed by atoms with Gasteiger partial charge in [0.25, 0.3) is 0 Å². The van der Waals surface area contributed by atoms with Crippen LogP contribution in [0.3, 0.4) is 0 Å². The Kier molecular flexibility index (Phi) is 5.22. The van der Waals surface area contributed by atoms with Gasteiger partial charge in [-0.1, -0.05) is 54.1 Å². The van der Waals surface area contributed by atoms with Crippen LogP contribution < -0.4 is 5.32 Å². The Balaban J connectivity index is 1.66. The molecular formula is C22H25ClN2O2. The number of aliphatic hydroxyl groups is 1. The number of hydrogen-bond donors (Lipinski definition) is 2. The number of aliphatic hydroxyl groups excluding tert-OH is 1. The van der Waals surface area contributed by atoms with Crippen molar-refractivity contribution in [3.8, 4) is 0 Å². The van der Waals surface area contributed by atoms with E-state index in [0.29, 0.717) is 18.0 Å². The van der Waals surface area contributed by atoms with Gasteiger partial charge in [-0.15, -0.1) is 0 Å². The number of nitrogens with one attached hydrogen (secondary N) is 1. The van der Waals surface area contributed by atoms with Gasteiger partial charge in [0, 0.05) is 11.6 Å². The Morgan fingerprint density at radius 3 is 2.59 bits per heavy atom. The van der Waals surface area contributed by atoms with Crippen molar-refractivity contribution < 1.29 is 9.90 Å². The number of piperidine rings is 1.